The van der Waals surface area contributed by atoms with Gasteiger partial charge in [0.2, 0.25) is 11.8 Å². The number of hydrogen-bond acceptors (Lipinski definition) is 7. The van der Waals surface area contributed by atoms with Crippen molar-refractivity contribution in [1.82, 2.24) is 10.6 Å². The van der Waals surface area contributed by atoms with E-state index < -0.39 is 69.4 Å². The summed E-state index contributed by atoms with van der Waals surface area (Å²) in [7, 11) is -3.43. The molecule has 0 radical (unpaired) electrons. The van der Waals surface area contributed by atoms with E-state index in [1.54, 1.807) is 0 Å². The van der Waals surface area contributed by atoms with Gasteiger partial charge in [0.1, 0.15) is 33.6 Å². The maximum absolute atomic E-state index is 13.7. The second-order valence-corrected chi connectivity index (χ2v) is 9.81. The lowest BCUT2D eigenvalue weighted by Gasteiger charge is -2.31. The number of anilines is 1. The summed E-state index contributed by atoms with van der Waals surface area (Å²) in [5, 5.41) is 26.9. The van der Waals surface area contributed by atoms with Gasteiger partial charge in [-0.3, -0.25) is 9.59 Å². The minimum absolute atomic E-state index is 0.114. The van der Waals surface area contributed by atoms with Crippen molar-refractivity contribution in [2.24, 2.45) is 5.73 Å². The average molecular weight is 490 g/mol. The molecule has 0 fully saturated rings. The summed E-state index contributed by atoms with van der Waals surface area (Å²) >= 11 is 0. The molecule has 1 aliphatic rings. The second-order valence-electron chi connectivity index (χ2n) is 7.55. The molecule has 0 aliphatic heterocycles. The Morgan fingerprint density at radius 3 is 2.48 bits per heavy atom. The van der Waals surface area contributed by atoms with Crippen molar-refractivity contribution in [3.63, 3.8) is 0 Å². The van der Waals surface area contributed by atoms with E-state index in [2.05, 4.69) is 16.0 Å². The number of nitrogens with two attached hydrogens (primary N) is 1. The molecule has 0 heterocycles. The average Bonchev–Trinajstić information content (AvgIpc) is 2.69. The van der Waals surface area contributed by atoms with E-state index in [-0.39, 0.29) is 24.1 Å². The zero-order valence-corrected chi connectivity index (χ0v) is 18.2. The number of aliphatic hydroxyl groups excluding tert-OH is 2. The van der Waals surface area contributed by atoms with Gasteiger partial charge in [0.05, 0.1) is 23.6 Å². The number of rotatable bonds is 8. The summed E-state index contributed by atoms with van der Waals surface area (Å²) in [4.78, 5) is 36.3. The lowest BCUT2D eigenvalue weighted by molar-refractivity contribution is -0.125. The molecule has 0 bridgehead atoms. The minimum atomic E-state index is -3.43. The van der Waals surface area contributed by atoms with Crippen LogP contribution in [0.15, 0.2) is 29.8 Å². The first-order valence-corrected chi connectivity index (χ1v) is 11.7. The van der Waals surface area contributed by atoms with Crippen LogP contribution < -0.4 is 21.7 Å². The van der Waals surface area contributed by atoms with E-state index in [1.807, 2.05) is 0 Å². The van der Waals surface area contributed by atoms with Crippen molar-refractivity contribution in [2.75, 3.05) is 17.3 Å². The fraction of sp³-hybridized carbons (Fsp3) is 0.421. The van der Waals surface area contributed by atoms with Gasteiger partial charge in [-0.05, 0) is 18.6 Å². The molecule has 7 N–H and O–H groups in total. The number of urea groups is 1. The van der Waals surface area contributed by atoms with Gasteiger partial charge >= 0.3 is 6.03 Å². The van der Waals surface area contributed by atoms with Crippen molar-refractivity contribution in [3.8, 4) is 0 Å². The quantitative estimate of drug-likeness (QED) is 0.267. The number of aliphatic hydroxyl groups is 2. The van der Waals surface area contributed by atoms with Crippen LogP contribution in [0.1, 0.15) is 12.8 Å². The first kappa shape index (κ1) is 26.2. The van der Waals surface area contributed by atoms with Crippen molar-refractivity contribution in [2.45, 2.75) is 37.1 Å². The van der Waals surface area contributed by atoms with E-state index in [0.717, 1.165) is 24.5 Å². The number of primary amides is 1. The third-order valence-corrected chi connectivity index (χ3v) is 5.74. The molecule has 1 aliphatic carbocycles. The number of halogens is 2. The van der Waals surface area contributed by atoms with E-state index in [0.29, 0.717) is 6.07 Å². The van der Waals surface area contributed by atoms with Gasteiger partial charge in [-0.2, -0.15) is 0 Å². The van der Waals surface area contributed by atoms with E-state index in [9.17, 15) is 41.8 Å². The predicted molar refractivity (Wildman–Crippen MR) is 112 cm³/mol. The molecule has 11 nitrogen and oxygen atoms in total. The zero-order valence-electron chi connectivity index (χ0n) is 17.4. The molecule has 0 saturated heterocycles. The van der Waals surface area contributed by atoms with Gasteiger partial charge in [0, 0.05) is 24.3 Å². The maximum atomic E-state index is 13.7. The Bertz CT molecular complexity index is 1060. The highest BCUT2D eigenvalue weighted by Gasteiger charge is 2.34. The Morgan fingerprint density at radius 2 is 1.91 bits per heavy atom. The molecule has 14 heteroatoms. The monoisotopic (exact) mass is 490 g/mol. The van der Waals surface area contributed by atoms with Gasteiger partial charge in [-0.15, -0.1) is 0 Å². The van der Waals surface area contributed by atoms with Crippen LogP contribution in [0.25, 0.3) is 0 Å². The van der Waals surface area contributed by atoms with Crippen molar-refractivity contribution in [3.05, 3.63) is 41.5 Å². The largest absolute Gasteiger partial charge is 0.390 e. The summed E-state index contributed by atoms with van der Waals surface area (Å²) in [6.45, 7) is 0. The Labute approximate surface area is 187 Å². The molecule has 0 unspecified atom stereocenters. The Hall–Kier alpha value is -3.10. The third kappa shape index (κ3) is 7.76. The van der Waals surface area contributed by atoms with Crippen LogP contribution in [0.4, 0.5) is 19.3 Å². The summed E-state index contributed by atoms with van der Waals surface area (Å²) < 4.78 is 49.3. The molecule has 4 atom stereocenters. The maximum Gasteiger partial charge on any atom is 0.319 e. The molecule has 1 aromatic rings. The van der Waals surface area contributed by atoms with Crippen LogP contribution in [0.3, 0.4) is 0 Å². The van der Waals surface area contributed by atoms with Crippen LogP contribution in [0, 0.1) is 11.6 Å². The van der Waals surface area contributed by atoms with Crippen LogP contribution in [-0.4, -0.2) is 72.8 Å². The van der Waals surface area contributed by atoms with Gasteiger partial charge in [0.15, 0.2) is 0 Å². The highest BCUT2D eigenvalue weighted by molar-refractivity contribution is 7.90. The molecule has 0 spiro atoms. The second kappa shape index (κ2) is 10.7. The zero-order chi connectivity index (χ0) is 24.9. The lowest BCUT2D eigenvalue weighted by Crippen LogP contribution is -2.53. The van der Waals surface area contributed by atoms with Gasteiger partial charge < -0.3 is 31.9 Å². The number of amides is 4. The molecular formula is C19H24F2N4O7S. The fourth-order valence-corrected chi connectivity index (χ4v) is 3.70. The third-order valence-electron chi connectivity index (χ3n) is 4.77. The minimum Gasteiger partial charge on any atom is -0.390 e. The summed E-state index contributed by atoms with van der Waals surface area (Å²) in [5.41, 5.74) is 4.74. The summed E-state index contributed by atoms with van der Waals surface area (Å²) in [6.07, 6.45) is -1.54. The highest BCUT2D eigenvalue weighted by atomic mass is 32.2. The molecule has 0 saturated carbocycles. The topological polar surface area (TPSA) is 188 Å². The summed E-state index contributed by atoms with van der Waals surface area (Å²) in [6, 6.07) is -1.17. The smallest absolute Gasteiger partial charge is 0.319 e. The number of hydrogen-bond donors (Lipinski definition) is 6. The standard InChI is InChI=1S/C19H24F2N4O7S/c1-33(31,32)5-4-13(17(22)28)23-18(29)9-6-14(16(27)15(26)7-9)25-19(30)24-12-3-2-10(20)8-11(12)21/h2-3,6,8,13-16,26-27H,4-5,7H2,1H3,(H2,22,28)(H,23,29)(H2,24,25,30)/t13-,14+,15+,16+/m0/s1. The van der Waals surface area contributed by atoms with Crippen LogP contribution in [0.2, 0.25) is 0 Å². The Morgan fingerprint density at radius 1 is 1.24 bits per heavy atom. The molecular weight excluding hydrogens is 466 g/mol. The van der Waals surface area contributed by atoms with Gasteiger partial charge in [-0.1, -0.05) is 6.08 Å². The molecule has 0 aromatic heterocycles. The van der Waals surface area contributed by atoms with Crippen LogP contribution in [0.5, 0.6) is 0 Å². The molecule has 182 valence electrons. The van der Waals surface area contributed by atoms with Crippen molar-refractivity contribution in [1.29, 1.82) is 0 Å². The Kier molecular flexibility index (Phi) is 8.46. The fourth-order valence-electron chi connectivity index (χ4n) is 3.03. The molecule has 2 rings (SSSR count). The first-order chi connectivity index (χ1) is 15.3. The van der Waals surface area contributed by atoms with E-state index in [1.165, 1.54) is 0 Å². The summed E-state index contributed by atoms with van der Waals surface area (Å²) in [5.74, 6) is -4.15. The Balaban J connectivity index is 2.11. The van der Waals surface area contributed by atoms with Crippen LogP contribution >= 0.6 is 0 Å². The van der Waals surface area contributed by atoms with E-state index in [4.69, 9.17) is 5.73 Å². The molecule has 1 aromatic carbocycles. The normalized spacial score (nSPS) is 21.5. The lowest BCUT2D eigenvalue weighted by atomic mass is 9.90. The molecule has 33 heavy (non-hydrogen) atoms. The van der Waals surface area contributed by atoms with Crippen LogP contribution in [-0.2, 0) is 19.4 Å². The van der Waals surface area contributed by atoms with Crippen molar-refractivity contribution < 1.29 is 41.8 Å². The predicted octanol–water partition coefficient (Wildman–Crippen LogP) is -1.09. The van der Waals surface area contributed by atoms with E-state index >= 15 is 0 Å². The highest BCUT2D eigenvalue weighted by Crippen LogP contribution is 2.21. The van der Waals surface area contributed by atoms with Gasteiger partial charge in [0.25, 0.3) is 0 Å². The van der Waals surface area contributed by atoms with Crippen molar-refractivity contribution >= 4 is 33.4 Å². The number of carbonyl (C=O) groups excluding carboxylic acids is 3. The number of benzene rings is 1. The van der Waals surface area contributed by atoms with Gasteiger partial charge in [-0.25, -0.2) is 22.0 Å². The number of sulfone groups is 1. The number of carbonyl (C=O) groups is 3. The SMILES string of the molecule is CS(=O)(=O)CC[C@H](NC(=O)C1=C[C@@H](NC(=O)Nc2ccc(F)cc2F)[C@@H](O)[C@H](O)C1)C(N)=O. The first-order valence-electron chi connectivity index (χ1n) is 9.64. The number of nitrogens with one attached hydrogen (secondary N) is 3. The molecule has 4 amide bonds.